The summed E-state index contributed by atoms with van der Waals surface area (Å²) in [6.07, 6.45) is 6.32. The van der Waals surface area contributed by atoms with Crippen LogP contribution in [-0.2, 0) is 16.0 Å². The first-order valence-corrected chi connectivity index (χ1v) is 11.2. The van der Waals surface area contributed by atoms with E-state index in [1.807, 2.05) is 25.4 Å². The number of aromatic nitrogens is 1. The Labute approximate surface area is 182 Å². The molecule has 1 aromatic heterocycles. The number of hydrogen-bond donors (Lipinski definition) is 1. The highest BCUT2D eigenvalue weighted by Gasteiger charge is 2.21. The van der Waals surface area contributed by atoms with E-state index >= 15 is 0 Å². The van der Waals surface area contributed by atoms with Gasteiger partial charge in [0.1, 0.15) is 0 Å². The summed E-state index contributed by atoms with van der Waals surface area (Å²) in [4.78, 5) is 11.1. The molecule has 1 atom stereocenters. The van der Waals surface area contributed by atoms with Crippen LogP contribution in [0.25, 0.3) is 0 Å². The number of piperidine rings is 1. The molecule has 1 N–H and O–H groups in total. The molecule has 2 heterocycles. The van der Waals surface area contributed by atoms with Crippen molar-refractivity contribution in [2.75, 3.05) is 40.5 Å². The van der Waals surface area contributed by atoms with E-state index in [2.05, 4.69) is 41.0 Å². The van der Waals surface area contributed by atoms with Gasteiger partial charge in [0.05, 0.1) is 12.2 Å². The Balaban J connectivity index is 1.77. The number of hydrogen-bond acceptors (Lipinski definition) is 5. The first kappa shape index (κ1) is 24.4. The lowest BCUT2D eigenvalue weighted by Gasteiger charge is -2.34. The van der Waals surface area contributed by atoms with E-state index in [-0.39, 0.29) is 6.10 Å². The molecule has 170 valence electrons. The van der Waals surface area contributed by atoms with Crippen LogP contribution >= 0.6 is 0 Å². The van der Waals surface area contributed by atoms with Crippen LogP contribution in [-0.4, -0.2) is 68.5 Å². The van der Waals surface area contributed by atoms with Crippen LogP contribution in [0.1, 0.15) is 52.0 Å². The van der Waals surface area contributed by atoms with Crippen molar-refractivity contribution >= 4 is 5.96 Å². The van der Waals surface area contributed by atoms with Crippen molar-refractivity contribution in [3.05, 3.63) is 23.9 Å². The van der Waals surface area contributed by atoms with Gasteiger partial charge >= 0.3 is 0 Å². The second-order valence-electron chi connectivity index (χ2n) is 8.36. The molecule has 1 fully saturated rings. The number of nitrogens with one attached hydrogen (secondary N) is 1. The second-order valence-corrected chi connectivity index (χ2v) is 8.36. The number of pyridine rings is 1. The highest BCUT2D eigenvalue weighted by molar-refractivity contribution is 5.79. The molecular formula is C23H40N4O3. The number of guanidine groups is 1. The molecule has 2 rings (SSSR count). The summed E-state index contributed by atoms with van der Waals surface area (Å²) in [6.45, 7) is 10.6. The lowest BCUT2D eigenvalue weighted by Crippen LogP contribution is -2.46. The van der Waals surface area contributed by atoms with E-state index in [0.717, 1.165) is 63.5 Å². The van der Waals surface area contributed by atoms with E-state index in [4.69, 9.17) is 14.2 Å². The van der Waals surface area contributed by atoms with Crippen molar-refractivity contribution in [3.63, 3.8) is 0 Å². The van der Waals surface area contributed by atoms with Crippen LogP contribution in [0.4, 0.5) is 0 Å². The zero-order valence-electron chi connectivity index (χ0n) is 19.4. The van der Waals surface area contributed by atoms with Gasteiger partial charge in [0, 0.05) is 59.3 Å². The van der Waals surface area contributed by atoms with Crippen LogP contribution in [0.3, 0.4) is 0 Å². The Morgan fingerprint density at radius 3 is 2.70 bits per heavy atom. The fraction of sp³-hybridized carbons (Fsp3) is 0.739. The summed E-state index contributed by atoms with van der Waals surface area (Å²) in [6, 6.07) is 4.03. The summed E-state index contributed by atoms with van der Waals surface area (Å²) in [5.74, 6) is 2.22. The van der Waals surface area contributed by atoms with E-state index in [0.29, 0.717) is 24.4 Å². The summed E-state index contributed by atoms with van der Waals surface area (Å²) in [5, 5.41) is 3.48. The normalized spacial score (nSPS) is 16.7. The van der Waals surface area contributed by atoms with Crippen molar-refractivity contribution in [2.24, 2.45) is 10.9 Å². The fourth-order valence-electron chi connectivity index (χ4n) is 3.74. The maximum atomic E-state index is 5.97. The first-order chi connectivity index (χ1) is 14.5. The SMILES string of the molecule is CN=C(NCc1ccnc(OC(C)CC(C)C)c1)N1CCC(OCCCOC)CC1. The molecule has 7 heteroatoms. The van der Waals surface area contributed by atoms with Gasteiger partial charge in [-0.15, -0.1) is 0 Å². The van der Waals surface area contributed by atoms with Crippen molar-refractivity contribution in [2.45, 2.75) is 65.2 Å². The summed E-state index contributed by atoms with van der Waals surface area (Å²) in [7, 11) is 3.56. The molecular weight excluding hydrogens is 380 g/mol. The predicted molar refractivity (Wildman–Crippen MR) is 121 cm³/mol. The Hall–Kier alpha value is -1.86. The van der Waals surface area contributed by atoms with Crippen LogP contribution < -0.4 is 10.1 Å². The van der Waals surface area contributed by atoms with Crippen molar-refractivity contribution in [1.29, 1.82) is 0 Å². The van der Waals surface area contributed by atoms with Crippen molar-refractivity contribution in [3.8, 4) is 5.88 Å². The Bertz CT molecular complexity index is 631. The number of ether oxygens (including phenoxy) is 3. The second kappa shape index (κ2) is 13.4. The van der Waals surface area contributed by atoms with Gasteiger partial charge in [-0.1, -0.05) is 13.8 Å². The van der Waals surface area contributed by atoms with Gasteiger partial charge in [-0.25, -0.2) is 4.98 Å². The van der Waals surface area contributed by atoms with Gasteiger partial charge in [-0.3, -0.25) is 4.99 Å². The topological polar surface area (TPSA) is 68.2 Å². The third-order valence-corrected chi connectivity index (χ3v) is 5.17. The van der Waals surface area contributed by atoms with E-state index in [1.165, 1.54) is 0 Å². The van der Waals surface area contributed by atoms with Crippen LogP contribution in [0.5, 0.6) is 5.88 Å². The average molecular weight is 421 g/mol. The highest BCUT2D eigenvalue weighted by atomic mass is 16.5. The van der Waals surface area contributed by atoms with Gasteiger partial charge in [0.2, 0.25) is 5.88 Å². The minimum atomic E-state index is 0.159. The Kier molecular flexibility index (Phi) is 10.9. The Morgan fingerprint density at radius 1 is 1.27 bits per heavy atom. The number of rotatable bonds is 11. The van der Waals surface area contributed by atoms with Crippen molar-refractivity contribution in [1.82, 2.24) is 15.2 Å². The molecule has 1 aliphatic heterocycles. The monoisotopic (exact) mass is 420 g/mol. The quantitative estimate of drug-likeness (QED) is 0.336. The summed E-state index contributed by atoms with van der Waals surface area (Å²) < 4.78 is 17.0. The number of aliphatic imine (C=N–C) groups is 1. The molecule has 30 heavy (non-hydrogen) atoms. The van der Waals surface area contributed by atoms with E-state index < -0.39 is 0 Å². The molecule has 1 aliphatic rings. The summed E-state index contributed by atoms with van der Waals surface area (Å²) in [5.41, 5.74) is 1.13. The minimum Gasteiger partial charge on any atom is -0.475 e. The molecule has 0 aliphatic carbocycles. The largest absolute Gasteiger partial charge is 0.475 e. The highest BCUT2D eigenvalue weighted by Crippen LogP contribution is 2.16. The van der Waals surface area contributed by atoms with E-state index in [9.17, 15) is 0 Å². The molecule has 0 saturated carbocycles. The number of methoxy groups -OCH3 is 1. The standard InChI is InChI=1S/C23H40N4O3/c1-18(2)15-19(3)30-22-16-20(7-10-25-22)17-26-23(24-4)27-11-8-21(9-12-27)29-14-6-13-28-5/h7,10,16,18-19,21H,6,8-9,11-15,17H2,1-5H3,(H,24,26). The molecule has 0 aromatic carbocycles. The molecule has 7 nitrogen and oxygen atoms in total. The zero-order chi connectivity index (χ0) is 21.8. The molecule has 1 unspecified atom stereocenters. The van der Waals surface area contributed by atoms with Crippen LogP contribution in [0.2, 0.25) is 0 Å². The van der Waals surface area contributed by atoms with Crippen LogP contribution in [0.15, 0.2) is 23.3 Å². The maximum absolute atomic E-state index is 5.97. The van der Waals surface area contributed by atoms with Gasteiger partial charge in [0.15, 0.2) is 5.96 Å². The first-order valence-electron chi connectivity index (χ1n) is 11.2. The lowest BCUT2D eigenvalue weighted by molar-refractivity contribution is 0.00989. The third kappa shape index (κ3) is 8.88. The molecule has 1 aromatic rings. The van der Waals surface area contributed by atoms with Gasteiger partial charge in [-0.2, -0.15) is 0 Å². The molecule has 0 bridgehead atoms. The maximum Gasteiger partial charge on any atom is 0.213 e. The molecule has 0 radical (unpaired) electrons. The number of nitrogens with zero attached hydrogens (tertiary/aromatic N) is 3. The molecule has 1 saturated heterocycles. The molecule has 0 amide bonds. The predicted octanol–water partition coefficient (Wildman–Crippen LogP) is 3.49. The van der Waals surface area contributed by atoms with Gasteiger partial charge in [-0.05, 0) is 50.2 Å². The van der Waals surface area contributed by atoms with Gasteiger partial charge in [0.25, 0.3) is 0 Å². The Morgan fingerprint density at radius 2 is 2.03 bits per heavy atom. The van der Waals surface area contributed by atoms with Crippen molar-refractivity contribution < 1.29 is 14.2 Å². The van der Waals surface area contributed by atoms with E-state index in [1.54, 1.807) is 7.11 Å². The van der Waals surface area contributed by atoms with Crippen LogP contribution in [0, 0.1) is 5.92 Å². The fourth-order valence-corrected chi connectivity index (χ4v) is 3.74. The third-order valence-electron chi connectivity index (χ3n) is 5.17. The summed E-state index contributed by atoms with van der Waals surface area (Å²) >= 11 is 0. The molecule has 0 spiro atoms. The zero-order valence-corrected chi connectivity index (χ0v) is 19.4. The average Bonchev–Trinajstić information content (AvgIpc) is 2.72. The van der Waals surface area contributed by atoms with Gasteiger partial charge < -0.3 is 24.4 Å². The lowest BCUT2D eigenvalue weighted by atomic mass is 10.1. The smallest absolute Gasteiger partial charge is 0.213 e. The number of likely N-dealkylation sites (tertiary alicyclic amines) is 1. The minimum absolute atomic E-state index is 0.159.